The van der Waals surface area contributed by atoms with Crippen LogP contribution in [0.25, 0.3) is 0 Å². The summed E-state index contributed by atoms with van der Waals surface area (Å²) in [5.74, 6) is 0.886. The molecule has 0 amide bonds. The molecule has 0 fully saturated rings. The molecule has 0 heterocycles. The van der Waals surface area contributed by atoms with Crippen molar-refractivity contribution in [1.82, 2.24) is 5.32 Å². The Morgan fingerprint density at radius 3 is 2.85 bits per heavy atom. The Kier molecular flexibility index (Phi) is 4.29. The first-order valence-electron chi connectivity index (χ1n) is 4.19. The van der Waals surface area contributed by atoms with Crippen LogP contribution in [0.1, 0.15) is 5.56 Å². The molecule has 13 heavy (non-hydrogen) atoms. The Hall–Kier alpha value is -1.06. The van der Waals surface area contributed by atoms with Crippen LogP contribution in [0.15, 0.2) is 24.3 Å². The molecule has 1 N–H and O–H groups in total. The lowest BCUT2D eigenvalue weighted by molar-refractivity contribution is 0.174. The van der Waals surface area contributed by atoms with E-state index in [-0.39, 0.29) is 0 Å². The topological polar surface area (TPSA) is 30.5 Å². The fraction of sp³-hybridized carbons (Fsp3) is 0.400. The zero-order chi connectivity index (χ0) is 9.52. The second-order valence-corrected chi connectivity index (χ2v) is 2.71. The summed E-state index contributed by atoms with van der Waals surface area (Å²) in [6.45, 7) is 1.36. The lowest BCUT2D eigenvalue weighted by Gasteiger charge is -2.05. The highest BCUT2D eigenvalue weighted by Gasteiger charge is 1.94. The summed E-state index contributed by atoms with van der Waals surface area (Å²) in [5.41, 5.74) is 1.19. The number of ether oxygens (including phenoxy) is 2. The quantitative estimate of drug-likeness (QED) is 0.550. The molecule has 1 aromatic rings. The van der Waals surface area contributed by atoms with Gasteiger partial charge < -0.3 is 9.47 Å². The molecule has 0 aliphatic rings. The van der Waals surface area contributed by atoms with Crippen LogP contribution in [0.4, 0.5) is 0 Å². The maximum Gasteiger partial charge on any atom is 0.119 e. The van der Waals surface area contributed by atoms with Crippen LogP contribution in [0.3, 0.4) is 0 Å². The van der Waals surface area contributed by atoms with Crippen LogP contribution in [0, 0.1) is 0 Å². The minimum atomic E-state index is 0.567. The zero-order valence-electron chi connectivity index (χ0n) is 8.04. The monoisotopic (exact) mass is 181 g/mol. The summed E-state index contributed by atoms with van der Waals surface area (Å²) < 4.78 is 9.98. The highest BCUT2D eigenvalue weighted by Crippen LogP contribution is 2.11. The standard InChI is InChI=1S/C10H15NO2/c1-12-8-11-7-9-4-3-5-10(6-9)13-2/h3-6,11H,7-8H2,1-2H3. The smallest absolute Gasteiger partial charge is 0.119 e. The van der Waals surface area contributed by atoms with Crippen LogP contribution in [0.5, 0.6) is 5.75 Å². The zero-order valence-corrected chi connectivity index (χ0v) is 8.04. The third kappa shape index (κ3) is 3.44. The molecule has 0 unspecified atom stereocenters. The second-order valence-electron chi connectivity index (χ2n) is 2.71. The van der Waals surface area contributed by atoms with Crippen molar-refractivity contribution in [3.63, 3.8) is 0 Å². The Morgan fingerprint density at radius 2 is 2.15 bits per heavy atom. The van der Waals surface area contributed by atoms with Crippen LogP contribution in [-0.2, 0) is 11.3 Å². The molecule has 1 rings (SSSR count). The summed E-state index contributed by atoms with van der Waals surface area (Å²) in [6, 6.07) is 7.95. The molecule has 0 radical (unpaired) electrons. The van der Waals surface area contributed by atoms with E-state index in [1.54, 1.807) is 14.2 Å². The van der Waals surface area contributed by atoms with Gasteiger partial charge in [-0.15, -0.1) is 0 Å². The molecule has 0 saturated carbocycles. The van der Waals surface area contributed by atoms with Crippen molar-refractivity contribution in [1.29, 1.82) is 0 Å². The fourth-order valence-corrected chi connectivity index (χ4v) is 1.08. The molecular weight excluding hydrogens is 166 g/mol. The van der Waals surface area contributed by atoms with Crippen LogP contribution in [0.2, 0.25) is 0 Å². The third-order valence-electron chi connectivity index (χ3n) is 1.71. The number of methoxy groups -OCH3 is 2. The van der Waals surface area contributed by atoms with Crippen molar-refractivity contribution < 1.29 is 9.47 Å². The molecular formula is C10H15NO2. The summed E-state index contributed by atoms with van der Waals surface area (Å²) in [6.07, 6.45) is 0. The van der Waals surface area contributed by atoms with Crippen LogP contribution in [-0.4, -0.2) is 21.0 Å². The van der Waals surface area contributed by atoms with Gasteiger partial charge in [0.15, 0.2) is 0 Å². The van der Waals surface area contributed by atoms with E-state index in [1.165, 1.54) is 5.56 Å². The lowest BCUT2D eigenvalue weighted by atomic mass is 10.2. The highest BCUT2D eigenvalue weighted by atomic mass is 16.5. The molecule has 0 saturated heterocycles. The molecule has 0 aliphatic carbocycles. The average Bonchev–Trinajstić information content (AvgIpc) is 2.19. The third-order valence-corrected chi connectivity index (χ3v) is 1.71. The number of hydrogen-bond donors (Lipinski definition) is 1. The van der Waals surface area contributed by atoms with Crippen LogP contribution < -0.4 is 10.1 Å². The van der Waals surface area contributed by atoms with E-state index in [0.717, 1.165) is 12.3 Å². The predicted octanol–water partition coefficient (Wildman–Crippen LogP) is 1.39. The van der Waals surface area contributed by atoms with Gasteiger partial charge >= 0.3 is 0 Å². The SMILES string of the molecule is COCNCc1cccc(OC)c1. The Morgan fingerprint density at radius 1 is 1.31 bits per heavy atom. The van der Waals surface area contributed by atoms with Gasteiger partial charge in [-0.3, -0.25) is 5.32 Å². The molecule has 0 aromatic heterocycles. The molecule has 0 spiro atoms. The van der Waals surface area contributed by atoms with E-state index in [4.69, 9.17) is 9.47 Å². The maximum absolute atomic E-state index is 5.10. The number of rotatable bonds is 5. The first-order chi connectivity index (χ1) is 6.36. The minimum Gasteiger partial charge on any atom is -0.497 e. The molecule has 72 valence electrons. The van der Waals surface area contributed by atoms with Crippen molar-refractivity contribution in [2.45, 2.75) is 6.54 Å². The van der Waals surface area contributed by atoms with Crippen molar-refractivity contribution in [3.05, 3.63) is 29.8 Å². The Bertz CT molecular complexity index is 250. The molecule has 1 aromatic carbocycles. The summed E-state index contributed by atoms with van der Waals surface area (Å²) in [5, 5.41) is 3.12. The summed E-state index contributed by atoms with van der Waals surface area (Å²) >= 11 is 0. The van der Waals surface area contributed by atoms with Gasteiger partial charge in [0.05, 0.1) is 13.8 Å². The number of benzene rings is 1. The summed E-state index contributed by atoms with van der Waals surface area (Å²) in [4.78, 5) is 0. The second kappa shape index (κ2) is 5.56. The van der Waals surface area contributed by atoms with E-state index >= 15 is 0 Å². The van der Waals surface area contributed by atoms with Crippen molar-refractivity contribution in [2.75, 3.05) is 21.0 Å². The van der Waals surface area contributed by atoms with Gasteiger partial charge in [0.25, 0.3) is 0 Å². The first-order valence-corrected chi connectivity index (χ1v) is 4.19. The largest absolute Gasteiger partial charge is 0.497 e. The van der Waals surface area contributed by atoms with Gasteiger partial charge in [-0.1, -0.05) is 12.1 Å². The van der Waals surface area contributed by atoms with Crippen molar-refractivity contribution in [3.8, 4) is 5.75 Å². The molecule has 3 nitrogen and oxygen atoms in total. The number of nitrogens with one attached hydrogen (secondary N) is 1. The van der Waals surface area contributed by atoms with Gasteiger partial charge in [-0.25, -0.2) is 0 Å². The minimum absolute atomic E-state index is 0.567. The normalized spacial score (nSPS) is 10.0. The first kappa shape index (κ1) is 10.0. The molecule has 0 aliphatic heterocycles. The van der Waals surface area contributed by atoms with Gasteiger partial charge in [0, 0.05) is 13.7 Å². The van der Waals surface area contributed by atoms with Gasteiger partial charge in [-0.05, 0) is 17.7 Å². The van der Waals surface area contributed by atoms with E-state index in [9.17, 15) is 0 Å². The van der Waals surface area contributed by atoms with E-state index in [0.29, 0.717) is 6.73 Å². The summed E-state index contributed by atoms with van der Waals surface area (Å²) in [7, 11) is 3.33. The Balaban J connectivity index is 2.46. The van der Waals surface area contributed by atoms with E-state index < -0.39 is 0 Å². The lowest BCUT2D eigenvalue weighted by Crippen LogP contribution is -2.15. The maximum atomic E-state index is 5.10. The van der Waals surface area contributed by atoms with Crippen molar-refractivity contribution in [2.24, 2.45) is 0 Å². The fourth-order valence-electron chi connectivity index (χ4n) is 1.08. The van der Waals surface area contributed by atoms with Crippen LogP contribution >= 0.6 is 0 Å². The molecule has 3 heteroatoms. The predicted molar refractivity (Wildman–Crippen MR) is 51.7 cm³/mol. The molecule has 0 bridgehead atoms. The van der Waals surface area contributed by atoms with Gasteiger partial charge in [-0.2, -0.15) is 0 Å². The van der Waals surface area contributed by atoms with Crippen molar-refractivity contribution >= 4 is 0 Å². The van der Waals surface area contributed by atoms with E-state index in [1.807, 2.05) is 24.3 Å². The number of hydrogen-bond acceptors (Lipinski definition) is 3. The van der Waals surface area contributed by atoms with E-state index in [2.05, 4.69) is 5.32 Å². The van der Waals surface area contributed by atoms with Gasteiger partial charge in [0.1, 0.15) is 5.75 Å². The average molecular weight is 181 g/mol. The Labute approximate surface area is 78.7 Å². The molecule has 0 atom stereocenters. The van der Waals surface area contributed by atoms with Gasteiger partial charge in [0.2, 0.25) is 0 Å². The highest BCUT2D eigenvalue weighted by molar-refractivity contribution is 5.28.